The van der Waals surface area contributed by atoms with E-state index in [9.17, 15) is 18.0 Å². The number of halogens is 3. The predicted molar refractivity (Wildman–Crippen MR) is 93.0 cm³/mol. The van der Waals surface area contributed by atoms with Crippen LogP contribution in [0.4, 0.5) is 13.2 Å². The van der Waals surface area contributed by atoms with E-state index in [1.807, 2.05) is 4.90 Å². The highest BCUT2D eigenvalue weighted by Crippen LogP contribution is 2.33. The lowest BCUT2D eigenvalue weighted by molar-refractivity contribution is -0.137. The molecular formula is C18H18F3N3OS. The normalized spacial score (nSPS) is 23.1. The summed E-state index contributed by atoms with van der Waals surface area (Å²) < 4.78 is 38.7. The Labute approximate surface area is 153 Å². The van der Waals surface area contributed by atoms with Gasteiger partial charge in [-0.2, -0.15) is 13.2 Å². The number of likely N-dealkylation sites (tertiary alicyclic amines) is 1. The van der Waals surface area contributed by atoms with Crippen LogP contribution in [0, 0.1) is 0 Å². The largest absolute Gasteiger partial charge is 0.416 e. The lowest BCUT2D eigenvalue weighted by Gasteiger charge is -2.23. The quantitative estimate of drug-likeness (QED) is 0.861. The number of thiazole rings is 1. The average molecular weight is 381 g/mol. The van der Waals surface area contributed by atoms with Crippen LogP contribution in [0.3, 0.4) is 0 Å². The standard InChI is InChI=1S/C18H18F3N3OS/c19-18(20,21)12-3-1-2-11(8-12)16-23-15(10-26-16)17(25)24-7-6-13-4-5-14(9-24)22-13/h1-3,8,10,13-14,22H,4-7,9H2. The molecule has 2 unspecified atom stereocenters. The van der Waals surface area contributed by atoms with Crippen LogP contribution in [0.25, 0.3) is 10.6 Å². The zero-order valence-electron chi connectivity index (χ0n) is 13.9. The number of nitrogens with one attached hydrogen (secondary N) is 1. The highest BCUT2D eigenvalue weighted by atomic mass is 32.1. The van der Waals surface area contributed by atoms with Crippen molar-refractivity contribution in [2.45, 2.75) is 37.5 Å². The summed E-state index contributed by atoms with van der Waals surface area (Å²) in [6.45, 7) is 1.34. The maximum absolute atomic E-state index is 12.9. The molecule has 2 aromatic rings. The summed E-state index contributed by atoms with van der Waals surface area (Å²) in [5, 5.41) is 5.58. The first-order valence-electron chi connectivity index (χ1n) is 8.58. The Bertz CT molecular complexity index is 820. The molecule has 0 aliphatic carbocycles. The van der Waals surface area contributed by atoms with E-state index in [1.54, 1.807) is 11.4 Å². The van der Waals surface area contributed by atoms with Crippen LogP contribution in [0.5, 0.6) is 0 Å². The van der Waals surface area contributed by atoms with Gasteiger partial charge in [0.1, 0.15) is 10.7 Å². The molecule has 0 spiro atoms. The fraction of sp³-hybridized carbons (Fsp3) is 0.444. The fourth-order valence-corrected chi connectivity index (χ4v) is 4.41. The van der Waals surface area contributed by atoms with Crippen LogP contribution < -0.4 is 5.32 Å². The number of nitrogens with zero attached hydrogens (tertiary/aromatic N) is 2. The van der Waals surface area contributed by atoms with Crippen LogP contribution in [-0.2, 0) is 6.18 Å². The number of rotatable bonds is 2. The number of carbonyl (C=O) groups excluding carboxylic acids is 1. The summed E-state index contributed by atoms with van der Waals surface area (Å²) in [6, 6.07) is 5.85. The molecule has 2 bridgehead atoms. The Hall–Kier alpha value is -1.93. The molecule has 4 rings (SSSR count). The van der Waals surface area contributed by atoms with Crippen LogP contribution in [0.15, 0.2) is 29.6 Å². The Kier molecular flexibility index (Phi) is 4.48. The van der Waals surface area contributed by atoms with Crippen LogP contribution in [-0.4, -0.2) is 41.0 Å². The summed E-state index contributed by atoms with van der Waals surface area (Å²) in [5.74, 6) is -0.145. The van der Waals surface area contributed by atoms with E-state index < -0.39 is 11.7 Å². The molecule has 2 saturated heterocycles. The maximum Gasteiger partial charge on any atom is 0.416 e. The summed E-state index contributed by atoms with van der Waals surface area (Å²) in [5.41, 5.74) is -0.0339. The highest BCUT2D eigenvalue weighted by Gasteiger charge is 2.33. The van der Waals surface area contributed by atoms with Gasteiger partial charge in [-0.05, 0) is 31.4 Å². The Morgan fingerprint density at radius 1 is 1.23 bits per heavy atom. The van der Waals surface area contributed by atoms with Crippen molar-refractivity contribution in [2.75, 3.05) is 13.1 Å². The van der Waals surface area contributed by atoms with Gasteiger partial charge in [0, 0.05) is 36.1 Å². The lowest BCUT2D eigenvalue weighted by atomic mass is 10.1. The van der Waals surface area contributed by atoms with E-state index in [1.165, 1.54) is 17.4 Å². The summed E-state index contributed by atoms with van der Waals surface area (Å²) >= 11 is 1.19. The van der Waals surface area contributed by atoms with Gasteiger partial charge in [0.15, 0.2) is 0 Å². The third kappa shape index (κ3) is 3.48. The van der Waals surface area contributed by atoms with Gasteiger partial charge in [-0.3, -0.25) is 4.79 Å². The summed E-state index contributed by atoms with van der Waals surface area (Å²) in [6.07, 6.45) is -1.25. The lowest BCUT2D eigenvalue weighted by Crippen LogP contribution is -2.39. The molecule has 26 heavy (non-hydrogen) atoms. The van der Waals surface area contributed by atoms with Crippen molar-refractivity contribution in [3.63, 3.8) is 0 Å². The van der Waals surface area contributed by atoms with Crippen molar-refractivity contribution in [2.24, 2.45) is 0 Å². The van der Waals surface area contributed by atoms with Crippen molar-refractivity contribution >= 4 is 17.2 Å². The van der Waals surface area contributed by atoms with Gasteiger partial charge in [-0.15, -0.1) is 11.3 Å². The maximum atomic E-state index is 12.9. The van der Waals surface area contributed by atoms with Gasteiger partial charge in [-0.25, -0.2) is 4.98 Å². The molecule has 2 aliphatic rings. The summed E-state index contributed by atoms with van der Waals surface area (Å²) in [7, 11) is 0. The van der Waals surface area contributed by atoms with Gasteiger partial charge < -0.3 is 10.2 Å². The van der Waals surface area contributed by atoms with Crippen LogP contribution >= 0.6 is 11.3 Å². The molecule has 1 aromatic carbocycles. The monoisotopic (exact) mass is 381 g/mol. The van der Waals surface area contributed by atoms with Crippen molar-refractivity contribution in [3.05, 3.63) is 40.9 Å². The fourth-order valence-electron chi connectivity index (χ4n) is 3.62. The summed E-state index contributed by atoms with van der Waals surface area (Å²) in [4.78, 5) is 18.9. The molecule has 0 radical (unpaired) electrons. The van der Waals surface area contributed by atoms with Crippen molar-refractivity contribution in [1.82, 2.24) is 15.2 Å². The van der Waals surface area contributed by atoms with E-state index >= 15 is 0 Å². The molecule has 2 atom stereocenters. The highest BCUT2D eigenvalue weighted by molar-refractivity contribution is 7.13. The second-order valence-electron chi connectivity index (χ2n) is 6.79. The number of aromatic nitrogens is 1. The number of fused-ring (bicyclic) bond motifs is 2. The second-order valence-corrected chi connectivity index (χ2v) is 7.65. The number of hydrogen-bond acceptors (Lipinski definition) is 4. The van der Waals surface area contributed by atoms with Gasteiger partial charge in [0.05, 0.1) is 5.56 Å². The van der Waals surface area contributed by atoms with E-state index in [0.717, 1.165) is 31.4 Å². The Balaban J connectivity index is 1.53. The molecule has 1 amide bonds. The van der Waals surface area contributed by atoms with Gasteiger partial charge in [0.2, 0.25) is 0 Å². The Morgan fingerprint density at radius 2 is 2.04 bits per heavy atom. The first kappa shape index (κ1) is 17.5. The van der Waals surface area contributed by atoms with Crippen molar-refractivity contribution in [1.29, 1.82) is 0 Å². The average Bonchev–Trinajstić information content (AvgIpc) is 3.20. The van der Waals surface area contributed by atoms with E-state index in [0.29, 0.717) is 41.4 Å². The van der Waals surface area contributed by atoms with Crippen LogP contribution in [0.1, 0.15) is 35.3 Å². The van der Waals surface area contributed by atoms with Crippen molar-refractivity contribution < 1.29 is 18.0 Å². The minimum Gasteiger partial charge on any atom is -0.336 e. The zero-order chi connectivity index (χ0) is 18.3. The molecule has 138 valence electrons. The Morgan fingerprint density at radius 3 is 2.85 bits per heavy atom. The van der Waals surface area contributed by atoms with Gasteiger partial charge in [0.25, 0.3) is 5.91 Å². The van der Waals surface area contributed by atoms with Crippen molar-refractivity contribution in [3.8, 4) is 10.6 Å². The smallest absolute Gasteiger partial charge is 0.336 e. The van der Waals surface area contributed by atoms with E-state index in [-0.39, 0.29) is 5.91 Å². The molecule has 0 saturated carbocycles. The van der Waals surface area contributed by atoms with E-state index in [2.05, 4.69) is 10.3 Å². The number of carbonyl (C=O) groups is 1. The predicted octanol–water partition coefficient (Wildman–Crippen LogP) is 3.80. The topological polar surface area (TPSA) is 45.2 Å². The van der Waals surface area contributed by atoms with E-state index in [4.69, 9.17) is 0 Å². The molecule has 2 aliphatic heterocycles. The minimum atomic E-state index is -4.40. The first-order chi connectivity index (χ1) is 12.4. The zero-order valence-corrected chi connectivity index (χ0v) is 14.7. The number of benzene rings is 1. The third-order valence-electron chi connectivity index (χ3n) is 4.97. The number of amides is 1. The first-order valence-corrected chi connectivity index (χ1v) is 9.46. The molecule has 4 nitrogen and oxygen atoms in total. The molecule has 3 heterocycles. The minimum absolute atomic E-state index is 0.145. The van der Waals surface area contributed by atoms with Gasteiger partial charge in [-0.1, -0.05) is 12.1 Å². The molecule has 8 heteroatoms. The SMILES string of the molecule is O=C(c1csc(-c2cccc(C(F)(F)F)c2)n1)N1CCC2CCC(C1)N2. The molecular weight excluding hydrogens is 363 g/mol. The molecule has 1 aromatic heterocycles. The molecule has 2 fully saturated rings. The van der Waals surface area contributed by atoms with Gasteiger partial charge >= 0.3 is 6.18 Å². The van der Waals surface area contributed by atoms with Crippen LogP contribution in [0.2, 0.25) is 0 Å². The number of alkyl halides is 3. The number of hydrogen-bond donors (Lipinski definition) is 1. The third-order valence-corrected chi connectivity index (χ3v) is 5.86. The second kappa shape index (κ2) is 6.66. The molecule has 1 N–H and O–H groups in total.